The van der Waals surface area contributed by atoms with Crippen LogP contribution in [-0.2, 0) is 26.2 Å². The predicted molar refractivity (Wildman–Crippen MR) is 60.5 cm³/mol. The van der Waals surface area contributed by atoms with E-state index in [4.69, 9.17) is 9.15 Å². The minimum atomic E-state index is -1.23. The van der Waals surface area contributed by atoms with E-state index in [-0.39, 0.29) is 12.4 Å². The minimum absolute atomic E-state index is 0.106. The number of hydrogen-bond acceptors (Lipinski definition) is 4. The molecule has 17 heavy (non-hydrogen) atoms. The van der Waals surface area contributed by atoms with E-state index in [9.17, 15) is 9.59 Å². The number of esters is 1. The van der Waals surface area contributed by atoms with Gasteiger partial charge in [0.05, 0.1) is 12.5 Å². The number of Topliss-reactive ketones (excluding diaryl/α,β-unsaturated/α-hetero) is 1. The normalized spacial score (nSPS) is 23.0. The summed E-state index contributed by atoms with van der Waals surface area (Å²) in [6.07, 6.45) is 5.48. The van der Waals surface area contributed by atoms with E-state index in [1.165, 1.54) is 12.3 Å². The van der Waals surface area contributed by atoms with E-state index >= 15 is 0 Å². The van der Waals surface area contributed by atoms with Crippen LogP contribution in [0.4, 0.5) is 0 Å². The zero-order valence-electron chi connectivity index (χ0n) is 9.69. The van der Waals surface area contributed by atoms with Gasteiger partial charge in [-0.25, -0.2) is 0 Å². The van der Waals surface area contributed by atoms with Crippen molar-refractivity contribution in [3.8, 4) is 0 Å². The maximum Gasteiger partial charge on any atom is 0.324 e. The summed E-state index contributed by atoms with van der Waals surface area (Å²) in [6, 6.07) is 0. The standard InChI is InChI=1S/C13H14O4/c1-3-6-17-12(15)13(2)10-8-16-7-9(10)4-5-11(13)14/h3,7-8H,1,4-6H2,2H3. The van der Waals surface area contributed by atoms with Crippen LogP contribution in [0, 0.1) is 0 Å². The van der Waals surface area contributed by atoms with Gasteiger partial charge in [-0.05, 0) is 18.9 Å². The first-order valence-electron chi connectivity index (χ1n) is 5.47. The highest BCUT2D eigenvalue weighted by atomic mass is 16.5. The molecular weight excluding hydrogens is 220 g/mol. The van der Waals surface area contributed by atoms with Gasteiger partial charge in [0.15, 0.2) is 11.2 Å². The molecule has 1 heterocycles. The first-order valence-corrected chi connectivity index (χ1v) is 5.47. The van der Waals surface area contributed by atoms with Crippen LogP contribution >= 0.6 is 0 Å². The number of aryl methyl sites for hydroxylation is 1. The van der Waals surface area contributed by atoms with Crippen LogP contribution in [0.5, 0.6) is 0 Å². The van der Waals surface area contributed by atoms with Crippen LogP contribution in [0.25, 0.3) is 0 Å². The predicted octanol–water partition coefficient (Wildman–Crippen LogP) is 1.78. The van der Waals surface area contributed by atoms with Crippen molar-refractivity contribution in [2.45, 2.75) is 25.2 Å². The highest BCUT2D eigenvalue weighted by Gasteiger charge is 2.48. The molecule has 0 saturated heterocycles. The fourth-order valence-electron chi connectivity index (χ4n) is 2.11. The Labute approximate surface area is 99.3 Å². The Kier molecular flexibility index (Phi) is 2.88. The van der Waals surface area contributed by atoms with E-state index in [0.717, 1.165) is 5.56 Å². The third-order valence-corrected chi connectivity index (χ3v) is 3.20. The fraction of sp³-hybridized carbons (Fsp3) is 0.385. The molecule has 0 amide bonds. The topological polar surface area (TPSA) is 56.5 Å². The number of carbonyl (C=O) groups is 2. The van der Waals surface area contributed by atoms with Gasteiger partial charge in [-0.2, -0.15) is 0 Å². The molecule has 0 N–H and O–H groups in total. The molecule has 90 valence electrons. The number of rotatable bonds is 3. The third kappa shape index (κ3) is 1.69. The Morgan fingerprint density at radius 3 is 3.06 bits per heavy atom. The SMILES string of the molecule is C=CCOC(=O)C1(C)C(=O)CCc2cocc21. The Morgan fingerprint density at radius 2 is 2.35 bits per heavy atom. The van der Waals surface area contributed by atoms with E-state index < -0.39 is 11.4 Å². The molecule has 1 aliphatic rings. The van der Waals surface area contributed by atoms with Crippen LogP contribution in [0.1, 0.15) is 24.5 Å². The van der Waals surface area contributed by atoms with E-state index in [1.54, 1.807) is 13.2 Å². The smallest absolute Gasteiger partial charge is 0.324 e. The van der Waals surface area contributed by atoms with Crippen molar-refractivity contribution in [3.63, 3.8) is 0 Å². The lowest BCUT2D eigenvalue weighted by Crippen LogP contribution is -2.45. The summed E-state index contributed by atoms with van der Waals surface area (Å²) >= 11 is 0. The Bertz CT molecular complexity index is 472. The average molecular weight is 234 g/mol. The van der Waals surface area contributed by atoms with Crippen molar-refractivity contribution >= 4 is 11.8 Å². The Balaban J connectivity index is 2.38. The molecular formula is C13H14O4. The quantitative estimate of drug-likeness (QED) is 0.454. The van der Waals surface area contributed by atoms with Crippen molar-refractivity contribution in [1.82, 2.24) is 0 Å². The van der Waals surface area contributed by atoms with Crippen molar-refractivity contribution in [2.75, 3.05) is 6.61 Å². The second-order valence-electron chi connectivity index (χ2n) is 4.25. The van der Waals surface area contributed by atoms with Gasteiger partial charge in [0.25, 0.3) is 0 Å². The molecule has 1 aliphatic carbocycles. The maximum atomic E-state index is 12.0. The number of furan rings is 1. The summed E-state index contributed by atoms with van der Waals surface area (Å²) in [7, 11) is 0. The average Bonchev–Trinajstić information content (AvgIpc) is 2.80. The van der Waals surface area contributed by atoms with E-state index in [2.05, 4.69) is 6.58 Å². The van der Waals surface area contributed by atoms with Crippen LogP contribution in [0.3, 0.4) is 0 Å². The number of hydrogen-bond donors (Lipinski definition) is 0. The van der Waals surface area contributed by atoms with E-state index in [1.807, 2.05) is 0 Å². The lowest BCUT2D eigenvalue weighted by molar-refractivity contribution is -0.153. The molecule has 0 fully saturated rings. The molecule has 1 unspecified atom stereocenters. The minimum Gasteiger partial charge on any atom is -0.472 e. The zero-order chi connectivity index (χ0) is 12.5. The van der Waals surface area contributed by atoms with Gasteiger partial charge in [0, 0.05) is 12.0 Å². The number of ketones is 1. The van der Waals surface area contributed by atoms with Gasteiger partial charge < -0.3 is 9.15 Å². The largest absolute Gasteiger partial charge is 0.472 e. The van der Waals surface area contributed by atoms with Gasteiger partial charge in [0.2, 0.25) is 0 Å². The summed E-state index contributed by atoms with van der Waals surface area (Å²) in [4.78, 5) is 24.0. The summed E-state index contributed by atoms with van der Waals surface area (Å²) in [5, 5.41) is 0. The Hall–Kier alpha value is -1.84. The molecule has 0 bridgehead atoms. The lowest BCUT2D eigenvalue weighted by atomic mass is 9.72. The van der Waals surface area contributed by atoms with Crippen molar-refractivity contribution in [3.05, 3.63) is 36.3 Å². The zero-order valence-corrected chi connectivity index (χ0v) is 9.69. The van der Waals surface area contributed by atoms with Crippen molar-refractivity contribution < 1.29 is 18.7 Å². The molecule has 0 spiro atoms. The number of fused-ring (bicyclic) bond motifs is 1. The molecule has 1 aromatic heterocycles. The van der Waals surface area contributed by atoms with Gasteiger partial charge in [-0.3, -0.25) is 9.59 Å². The second kappa shape index (κ2) is 4.20. The maximum absolute atomic E-state index is 12.0. The molecule has 1 aromatic rings. The third-order valence-electron chi connectivity index (χ3n) is 3.20. The van der Waals surface area contributed by atoms with Gasteiger partial charge in [0.1, 0.15) is 6.61 Å². The molecule has 2 rings (SSSR count). The molecule has 0 aliphatic heterocycles. The highest BCUT2D eigenvalue weighted by Crippen LogP contribution is 2.36. The molecule has 0 aromatic carbocycles. The molecule has 0 radical (unpaired) electrons. The van der Waals surface area contributed by atoms with Gasteiger partial charge in [-0.15, -0.1) is 0 Å². The summed E-state index contributed by atoms with van der Waals surface area (Å²) < 4.78 is 10.1. The highest BCUT2D eigenvalue weighted by molar-refractivity contribution is 6.10. The van der Waals surface area contributed by atoms with Crippen molar-refractivity contribution in [1.29, 1.82) is 0 Å². The molecule has 4 nitrogen and oxygen atoms in total. The summed E-state index contributed by atoms with van der Waals surface area (Å²) in [5.74, 6) is -0.662. The molecule has 0 saturated carbocycles. The van der Waals surface area contributed by atoms with Crippen LogP contribution < -0.4 is 0 Å². The molecule has 4 heteroatoms. The van der Waals surface area contributed by atoms with Crippen molar-refractivity contribution in [2.24, 2.45) is 0 Å². The molecule has 1 atom stereocenters. The van der Waals surface area contributed by atoms with Crippen LogP contribution in [0.15, 0.2) is 29.6 Å². The summed E-state index contributed by atoms with van der Waals surface area (Å²) in [6.45, 7) is 5.17. The van der Waals surface area contributed by atoms with Crippen LogP contribution in [-0.4, -0.2) is 18.4 Å². The lowest BCUT2D eigenvalue weighted by Gasteiger charge is -2.29. The Morgan fingerprint density at radius 1 is 1.59 bits per heavy atom. The first-order chi connectivity index (χ1) is 8.10. The summed E-state index contributed by atoms with van der Waals surface area (Å²) in [5.41, 5.74) is 0.300. The number of carbonyl (C=O) groups excluding carboxylic acids is 2. The first kappa shape index (κ1) is 11.6. The fourth-order valence-corrected chi connectivity index (χ4v) is 2.11. The monoisotopic (exact) mass is 234 g/mol. The van der Waals surface area contributed by atoms with E-state index in [0.29, 0.717) is 18.4 Å². The van der Waals surface area contributed by atoms with Gasteiger partial charge >= 0.3 is 5.97 Å². The second-order valence-corrected chi connectivity index (χ2v) is 4.25. The number of ether oxygens (including phenoxy) is 1. The van der Waals surface area contributed by atoms with Gasteiger partial charge in [-0.1, -0.05) is 12.7 Å². The van der Waals surface area contributed by atoms with Crippen LogP contribution in [0.2, 0.25) is 0 Å².